The first kappa shape index (κ1) is 9.73. The lowest BCUT2D eigenvalue weighted by molar-refractivity contribution is -0.141. The highest BCUT2D eigenvalue weighted by atomic mass is 79.9. The van der Waals surface area contributed by atoms with E-state index in [2.05, 4.69) is 25.9 Å². The quantitative estimate of drug-likeness (QED) is 0.671. The summed E-state index contributed by atoms with van der Waals surface area (Å²) in [6.07, 6.45) is -3.75. The van der Waals surface area contributed by atoms with Gasteiger partial charge in [-0.1, -0.05) is 11.6 Å². The molecule has 7 heteroatoms. The molecule has 1 heterocycles. The van der Waals surface area contributed by atoms with Gasteiger partial charge in [-0.2, -0.15) is 13.2 Å². The smallest absolute Gasteiger partial charge is 0.230 e. The Kier molecular flexibility index (Phi) is 2.58. The van der Waals surface area contributed by atoms with Gasteiger partial charge in [0.15, 0.2) is 5.69 Å². The largest absolute Gasteiger partial charge is 0.434 e. The predicted molar refractivity (Wildman–Crippen MR) is 39.7 cm³/mol. The Balaban J connectivity index is 3.26. The molecule has 0 bridgehead atoms. The van der Waals surface area contributed by atoms with E-state index in [1.165, 1.54) is 0 Å². The first-order valence-electron chi connectivity index (χ1n) is 2.66. The Hall–Kier alpha value is -0.360. The van der Waals surface area contributed by atoms with E-state index in [9.17, 15) is 13.2 Å². The first-order valence-corrected chi connectivity index (χ1v) is 3.83. The lowest BCUT2D eigenvalue weighted by Gasteiger charge is -2.06. The van der Waals surface area contributed by atoms with Crippen LogP contribution >= 0.6 is 27.5 Å². The molecule has 0 spiro atoms. The molecule has 0 N–H and O–H groups in total. The summed E-state index contributed by atoms with van der Waals surface area (Å²) >= 11 is 8.04. The van der Waals surface area contributed by atoms with Gasteiger partial charge in [0, 0.05) is 0 Å². The normalized spacial score (nSPS) is 11.8. The monoisotopic (exact) mass is 260 g/mol. The van der Waals surface area contributed by atoms with Crippen molar-refractivity contribution in [2.45, 2.75) is 6.18 Å². The number of rotatable bonds is 0. The summed E-state index contributed by atoms with van der Waals surface area (Å²) in [6.45, 7) is 0. The summed E-state index contributed by atoms with van der Waals surface area (Å²) in [4.78, 5) is 6.44. The van der Waals surface area contributed by atoms with Crippen molar-refractivity contribution in [3.63, 3.8) is 0 Å². The number of halogens is 5. The molecule has 0 saturated heterocycles. The van der Waals surface area contributed by atoms with Crippen molar-refractivity contribution in [1.82, 2.24) is 9.97 Å². The lowest BCUT2D eigenvalue weighted by atomic mass is 10.4. The van der Waals surface area contributed by atoms with Gasteiger partial charge < -0.3 is 0 Å². The van der Waals surface area contributed by atoms with Gasteiger partial charge in [-0.15, -0.1) is 0 Å². The van der Waals surface area contributed by atoms with E-state index >= 15 is 0 Å². The Labute approximate surface area is 78.9 Å². The van der Waals surface area contributed by atoms with Gasteiger partial charge in [0.05, 0.1) is 0 Å². The molecule has 0 amide bonds. The van der Waals surface area contributed by atoms with Crippen molar-refractivity contribution in [1.29, 1.82) is 0 Å². The van der Waals surface area contributed by atoms with E-state index in [4.69, 9.17) is 11.6 Å². The SMILES string of the molecule is FC(F)(F)c1ncnc(Br)c1Cl. The molecule has 2 nitrogen and oxygen atoms in total. The highest BCUT2D eigenvalue weighted by Crippen LogP contribution is 2.35. The molecule has 1 aromatic rings. The Morgan fingerprint density at radius 2 is 1.92 bits per heavy atom. The zero-order valence-electron chi connectivity index (χ0n) is 5.36. The van der Waals surface area contributed by atoms with E-state index in [1.807, 2.05) is 0 Å². The van der Waals surface area contributed by atoms with Gasteiger partial charge in [0.25, 0.3) is 0 Å². The number of nitrogens with zero attached hydrogens (tertiary/aromatic N) is 2. The van der Waals surface area contributed by atoms with E-state index in [0.717, 1.165) is 6.33 Å². The van der Waals surface area contributed by atoms with Crippen LogP contribution in [0.3, 0.4) is 0 Å². The van der Waals surface area contributed by atoms with Gasteiger partial charge in [-0.25, -0.2) is 9.97 Å². The topological polar surface area (TPSA) is 25.8 Å². The standard InChI is InChI=1S/C5HBrClF3N2/c6-4-2(7)3(5(8,9)10)11-1-12-4/h1H. The molecule has 0 aromatic carbocycles. The van der Waals surface area contributed by atoms with Crippen LogP contribution in [0.5, 0.6) is 0 Å². The zero-order valence-corrected chi connectivity index (χ0v) is 7.70. The van der Waals surface area contributed by atoms with Gasteiger partial charge in [-0.05, 0) is 15.9 Å². The van der Waals surface area contributed by atoms with Crippen LogP contribution in [0.2, 0.25) is 5.02 Å². The van der Waals surface area contributed by atoms with Crippen LogP contribution in [0.4, 0.5) is 13.2 Å². The number of hydrogen-bond acceptors (Lipinski definition) is 2. The molecule has 1 rings (SSSR count). The summed E-state index contributed by atoms with van der Waals surface area (Å²) in [5.74, 6) is 0. The van der Waals surface area contributed by atoms with E-state index < -0.39 is 16.9 Å². The minimum Gasteiger partial charge on any atom is -0.230 e. The summed E-state index contributed by atoms with van der Waals surface area (Å²) in [5, 5.41) is -0.523. The Bertz CT molecular complexity index is 301. The Morgan fingerprint density at radius 3 is 2.33 bits per heavy atom. The minimum absolute atomic E-state index is 0.0634. The second-order valence-corrected chi connectivity index (χ2v) is 2.95. The maximum Gasteiger partial charge on any atom is 0.434 e. The first-order chi connectivity index (χ1) is 5.43. The maximum absolute atomic E-state index is 12.0. The second kappa shape index (κ2) is 3.18. The van der Waals surface area contributed by atoms with E-state index in [0.29, 0.717) is 0 Å². The zero-order chi connectivity index (χ0) is 9.35. The van der Waals surface area contributed by atoms with Crippen molar-refractivity contribution < 1.29 is 13.2 Å². The molecule has 0 saturated carbocycles. The highest BCUT2D eigenvalue weighted by Gasteiger charge is 2.36. The molecule has 0 unspecified atom stereocenters. The fourth-order valence-corrected chi connectivity index (χ4v) is 1.03. The molecule has 66 valence electrons. The maximum atomic E-state index is 12.0. The van der Waals surface area contributed by atoms with Crippen LogP contribution in [-0.4, -0.2) is 9.97 Å². The van der Waals surface area contributed by atoms with Crippen LogP contribution in [0.15, 0.2) is 10.9 Å². The molecule has 0 aliphatic carbocycles. The van der Waals surface area contributed by atoms with Crippen molar-refractivity contribution in [2.24, 2.45) is 0 Å². The molecular formula is C5HBrClF3N2. The molecule has 12 heavy (non-hydrogen) atoms. The third-order valence-electron chi connectivity index (χ3n) is 1.02. The van der Waals surface area contributed by atoms with Crippen molar-refractivity contribution in [2.75, 3.05) is 0 Å². The molecule has 0 fully saturated rings. The molecule has 0 radical (unpaired) electrons. The minimum atomic E-state index is -4.54. The van der Waals surface area contributed by atoms with Crippen LogP contribution < -0.4 is 0 Å². The fourth-order valence-electron chi connectivity index (χ4n) is 0.546. The van der Waals surface area contributed by atoms with Gasteiger partial charge in [0.2, 0.25) is 0 Å². The average molecular weight is 261 g/mol. The van der Waals surface area contributed by atoms with Gasteiger partial charge in [0.1, 0.15) is 16.0 Å². The molecule has 1 aromatic heterocycles. The third-order valence-corrected chi connectivity index (χ3v) is 2.20. The molecule has 0 aliphatic rings. The second-order valence-electron chi connectivity index (χ2n) is 1.82. The number of alkyl halides is 3. The fraction of sp³-hybridized carbons (Fsp3) is 0.200. The molecular weight excluding hydrogens is 260 g/mol. The summed E-state index contributed by atoms with van der Waals surface area (Å²) in [6, 6.07) is 0. The van der Waals surface area contributed by atoms with Crippen molar-refractivity contribution in [3.8, 4) is 0 Å². The van der Waals surface area contributed by atoms with E-state index in [-0.39, 0.29) is 4.60 Å². The van der Waals surface area contributed by atoms with Crippen LogP contribution in [0.25, 0.3) is 0 Å². The number of hydrogen-bond donors (Lipinski definition) is 0. The molecule has 0 aliphatic heterocycles. The van der Waals surface area contributed by atoms with Crippen molar-refractivity contribution in [3.05, 3.63) is 21.6 Å². The van der Waals surface area contributed by atoms with Crippen LogP contribution in [0, 0.1) is 0 Å². The highest BCUT2D eigenvalue weighted by molar-refractivity contribution is 9.10. The molecule has 0 atom stereocenters. The van der Waals surface area contributed by atoms with Crippen LogP contribution in [0.1, 0.15) is 5.69 Å². The van der Waals surface area contributed by atoms with E-state index in [1.54, 1.807) is 0 Å². The average Bonchev–Trinajstić information content (AvgIpc) is 1.92. The van der Waals surface area contributed by atoms with Crippen LogP contribution in [-0.2, 0) is 6.18 Å². The van der Waals surface area contributed by atoms with Gasteiger partial charge in [-0.3, -0.25) is 0 Å². The third kappa shape index (κ3) is 1.87. The summed E-state index contributed by atoms with van der Waals surface area (Å²) < 4.78 is 36.0. The summed E-state index contributed by atoms with van der Waals surface area (Å²) in [7, 11) is 0. The van der Waals surface area contributed by atoms with Gasteiger partial charge >= 0.3 is 6.18 Å². The lowest BCUT2D eigenvalue weighted by Crippen LogP contribution is -2.09. The summed E-state index contributed by atoms with van der Waals surface area (Å²) in [5.41, 5.74) is -1.13. The number of aromatic nitrogens is 2. The predicted octanol–water partition coefficient (Wildman–Crippen LogP) is 2.91. The Morgan fingerprint density at radius 1 is 1.33 bits per heavy atom. The van der Waals surface area contributed by atoms with Crippen molar-refractivity contribution >= 4 is 27.5 Å².